The predicted octanol–water partition coefficient (Wildman–Crippen LogP) is 1.83. The van der Waals surface area contributed by atoms with Crippen molar-refractivity contribution >= 4 is 24.2 Å². The Balaban J connectivity index is 0.00000210. The largest absolute Gasteiger partial charge is 0.454 e. The highest BCUT2D eigenvalue weighted by Gasteiger charge is 2.36. The van der Waals surface area contributed by atoms with Crippen LogP contribution in [0.2, 0.25) is 0 Å². The number of ether oxygens (including phenoxy) is 2. The van der Waals surface area contributed by atoms with Crippen LogP contribution in [0.15, 0.2) is 18.2 Å². The lowest BCUT2D eigenvalue weighted by molar-refractivity contribution is -0.125. The fourth-order valence-corrected chi connectivity index (χ4v) is 4.04. The Morgan fingerprint density at radius 2 is 1.81 bits per heavy atom. The molecule has 1 aliphatic carbocycles. The first-order chi connectivity index (χ1) is 12.6. The minimum atomic E-state index is -0.400. The monoisotopic (exact) mass is 395 g/mol. The Kier molecular flexibility index (Phi) is 6.11. The standard InChI is InChI=1S/C19H25N3O4.ClH/c20-13-4-6-14(7-5-13)21-18(23)15-2-1-9-22(15)19(24)12-3-8-16-17(10-12)26-11-25-16;/h3,8,10,13-15H,1-2,4-7,9,11,20H2,(H,21,23);1H. The molecule has 2 heterocycles. The van der Waals surface area contributed by atoms with Crippen LogP contribution in [0.25, 0.3) is 0 Å². The summed E-state index contributed by atoms with van der Waals surface area (Å²) in [5.41, 5.74) is 6.46. The van der Waals surface area contributed by atoms with Crippen molar-refractivity contribution in [2.24, 2.45) is 5.73 Å². The zero-order valence-electron chi connectivity index (χ0n) is 15.2. The van der Waals surface area contributed by atoms with Gasteiger partial charge in [0.05, 0.1) is 0 Å². The van der Waals surface area contributed by atoms with Gasteiger partial charge in [-0.2, -0.15) is 0 Å². The summed E-state index contributed by atoms with van der Waals surface area (Å²) in [6.07, 6.45) is 5.24. The van der Waals surface area contributed by atoms with Gasteiger partial charge in [0.25, 0.3) is 5.91 Å². The molecule has 0 spiro atoms. The molecule has 1 aromatic rings. The summed E-state index contributed by atoms with van der Waals surface area (Å²) in [5.74, 6) is 1.05. The number of carbonyl (C=O) groups is 2. The predicted molar refractivity (Wildman–Crippen MR) is 102 cm³/mol. The van der Waals surface area contributed by atoms with Crippen molar-refractivity contribution < 1.29 is 19.1 Å². The summed E-state index contributed by atoms with van der Waals surface area (Å²) in [5, 5.41) is 3.13. The van der Waals surface area contributed by atoms with Crippen LogP contribution in [0.3, 0.4) is 0 Å². The average Bonchev–Trinajstić information content (AvgIpc) is 3.31. The Morgan fingerprint density at radius 3 is 2.59 bits per heavy atom. The van der Waals surface area contributed by atoms with E-state index in [9.17, 15) is 9.59 Å². The second-order valence-electron chi connectivity index (χ2n) is 7.34. The van der Waals surface area contributed by atoms with Gasteiger partial charge in [-0.3, -0.25) is 9.59 Å². The van der Waals surface area contributed by atoms with E-state index in [2.05, 4.69) is 5.32 Å². The summed E-state index contributed by atoms with van der Waals surface area (Å²) in [6, 6.07) is 5.19. The first-order valence-corrected chi connectivity index (χ1v) is 9.38. The van der Waals surface area contributed by atoms with Gasteiger partial charge in [0.2, 0.25) is 12.7 Å². The van der Waals surface area contributed by atoms with Crippen LogP contribution < -0.4 is 20.5 Å². The Morgan fingerprint density at radius 1 is 1.07 bits per heavy atom. The van der Waals surface area contributed by atoms with E-state index in [0.29, 0.717) is 30.0 Å². The Bertz CT molecular complexity index is 706. The number of nitrogens with two attached hydrogens (primary N) is 1. The minimum Gasteiger partial charge on any atom is -0.454 e. The van der Waals surface area contributed by atoms with Gasteiger partial charge in [0, 0.05) is 24.2 Å². The summed E-state index contributed by atoms with van der Waals surface area (Å²) in [7, 11) is 0. The molecule has 0 radical (unpaired) electrons. The van der Waals surface area contributed by atoms with Crippen molar-refractivity contribution in [2.75, 3.05) is 13.3 Å². The number of halogens is 1. The molecule has 3 N–H and O–H groups in total. The number of fused-ring (bicyclic) bond motifs is 1. The number of hydrogen-bond acceptors (Lipinski definition) is 5. The van der Waals surface area contributed by atoms with Crippen molar-refractivity contribution in [1.29, 1.82) is 0 Å². The molecule has 7 nitrogen and oxygen atoms in total. The van der Waals surface area contributed by atoms with E-state index in [-0.39, 0.29) is 43.1 Å². The van der Waals surface area contributed by atoms with Crippen LogP contribution in [-0.2, 0) is 4.79 Å². The third-order valence-corrected chi connectivity index (χ3v) is 5.55. The Hall–Kier alpha value is -1.99. The van der Waals surface area contributed by atoms with Crippen molar-refractivity contribution in [2.45, 2.75) is 56.7 Å². The third-order valence-electron chi connectivity index (χ3n) is 5.55. The molecule has 1 unspecified atom stereocenters. The molecule has 4 rings (SSSR count). The molecular formula is C19H26ClN3O4. The van der Waals surface area contributed by atoms with Gasteiger partial charge in [-0.15, -0.1) is 12.4 Å². The normalized spacial score (nSPS) is 26.4. The number of rotatable bonds is 3. The number of nitrogens with zero attached hydrogens (tertiary/aromatic N) is 1. The van der Waals surface area contributed by atoms with E-state index in [1.165, 1.54) is 0 Å². The molecule has 148 valence electrons. The second kappa shape index (κ2) is 8.35. The smallest absolute Gasteiger partial charge is 0.254 e. The van der Waals surface area contributed by atoms with Crippen LogP contribution in [0.4, 0.5) is 0 Å². The van der Waals surface area contributed by atoms with Crippen LogP contribution in [0, 0.1) is 0 Å². The number of carbonyl (C=O) groups excluding carboxylic acids is 2. The van der Waals surface area contributed by atoms with E-state index in [1.807, 2.05) is 0 Å². The molecule has 3 aliphatic rings. The van der Waals surface area contributed by atoms with E-state index >= 15 is 0 Å². The maximum Gasteiger partial charge on any atom is 0.254 e. The van der Waals surface area contributed by atoms with Gasteiger partial charge in [0.1, 0.15) is 6.04 Å². The highest BCUT2D eigenvalue weighted by Crippen LogP contribution is 2.33. The molecule has 1 saturated heterocycles. The minimum absolute atomic E-state index is 0. The quantitative estimate of drug-likeness (QED) is 0.814. The first-order valence-electron chi connectivity index (χ1n) is 9.38. The SMILES string of the molecule is Cl.NC1CCC(NC(=O)C2CCCN2C(=O)c2ccc3c(c2)OCO3)CC1. The first kappa shape index (κ1) is 19.8. The van der Waals surface area contributed by atoms with E-state index < -0.39 is 6.04 Å². The topological polar surface area (TPSA) is 93.9 Å². The van der Waals surface area contributed by atoms with E-state index in [4.69, 9.17) is 15.2 Å². The van der Waals surface area contributed by atoms with Crippen molar-refractivity contribution in [1.82, 2.24) is 10.2 Å². The zero-order chi connectivity index (χ0) is 18.1. The molecule has 1 atom stereocenters. The lowest BCUT2D eigenvalue weighted by Crippen LogP contribution is -2.50. The molecule has 1 saturated carbocycles. The number of amides is 2. The fourth-order valence-electron chi connectivity index (χ4n) is 4.04. The maximum absolute atomic E-state index is 12.9. The third kappa shape index (κ3) is 4.14. The van der Waals surface area contributed by atoms with Gasteiger partial charge in [-0.1, -0.05) is 0 Å². The highest BCUT2D eigenvalue weighted by atomic mass is 35.5. The lowest BCUT2D eigenvalue weighted by Gasteiger charge is -2.30. The van der Waals surface area contributed by atoms with Crippen LogP contribution >= 0.6 is 12.4 Å². The molecule has 2 fully saturated rings. The Labute approximate surface area is 165 Å². The summed E-state index contributed by atoms with van der Waals surface area (Å²) >= 11 is 0. The highest BCUT2D eigenvalue weighted by molar-refractivity contribution is 5.98. The molecule has 2 aliphatic heterocycles. The van der Waals surface area contributed by atoms with Crippen LogP contribution in [0.5, 0.6) is 11.5 Å². The van der Waals surface area contributed by atoms with Gasteiger partial charge >= 0.3 is 0 Å². The molecule has 8 heteroatoms. The van der Waals surface area contributed by atoms with Crippen LogP contribution in [0.1, 0.15) is 48.9 Å². The van der Waals surface area contributed by atoms with Crippen molar-refractivity contribution in [3.05, 3.63) is 23.8 Å². The summed E-state index contributed by atoms with van der Waals surface area (Å²) in [6.45, 7) is 0.771. The number of likely N-dealkylation sites (tertiary alicyclic amines) is 1. The molecule has 0 aromatic heterocycles. The molecule has 2 amide bonds. The van der Waals surface area contributed by atoms with E-state index in [0.717, 1.165) is 32.1 Å². The van der Waals surface area contributed by atoms with Gasteiger partial charge < -0.3 is 25.4 Å². The molecule has 27 heavy (non-hydrogen) atoms. The van der Waals surface area contributed by atoms with Crippen molar-refractivity contribution in [3.63, 3.8) is 0 Å². The molecule has 1 aromatic carbocycles. The number of benzene rings is 1. The fraction of sp³-hybridized carbons (Fsp3) is 0.579. The van der Waals surface area contributed by atoms with Gasteiger partial charge in [0.15, 0.2) is 11.5 Å². The number of nitrogens with one attached hydrogen (secondary N) is 1. The summed E-state index contributed by atoms with van der Waals surface area (Å²) < 4.78 is 10.6. The van der Waals surface area contributed by atoms with E-state index in [1.54, 1.807) is 23.1 Å². The maximum atomic E-state index is 12.9. The average molecular weight is 396 g/mol. The lowest BCUT2D eigenvalue weighted by atomic mass is 9.91. The molecular weight excluding hydrogens is 370 g/mol. The summed E-state index contributed by atoms with van der Waals surface area (Å²) in [4.78, 5) is 27.4. The number of hydrogen-bond donors (Lipinski definition) is 2. The zero-order valence-corrected chi connectivity index (χ0v) is 16.0. The second-order valence-corrected chi connectivity index (χ2v) is 7.34. The molecule has 0 bridgehead atoms. The van der Waals surface area contributed by atoms with Gasteiger partial charge in [-0.25, -0.2) is 0 Å². The van der Waals surface area contributed by atoms with Gasteiger partial charge in [-0.05, 0) is 56.7 Å². The van der Waals surface area contributed by atoms with Crippen LogP contribution in [-0.4, -0.2) is 48.2 Å². The van der Waals surface area contributed by atoms with Crippen molar-refractivity contribution in [3.8, 4) is 11.5 Å².